The molecular weight excluding hydrogens is 274 g/mol. The molecule has 0 aromatic rings. The van der Waals surface area contributed by atoms with Crippen molar-refractivity contribution < 1.29 is 14.6 Å². The Morgan fingerprint density at radius 3 is 2.65 bits per heavy atom. The number of ether oxygens (including phenoxy) is 1. The molecule has 20 heavy (non-hydrogen) atoms. The number of aliphatic hydroxyl groups is 1. The van der Waals surface area contributed by atoms with E-state index in [1.54, 1.807) is 13.8 Å². The Morgan fingerprint density at radius 2 is 2.05 bits per heavy atom. The molecule has 2 N–H and O–H groups in total. The number of hydrogen-bond acceptors (Lipinski definition) is 5. The van der Waals surface area contributed by atoms with Gasteiger partial charge in [0.25, 0.3) is 0 Å². The van der Waals surface area contributed by atoms with Gasteiger partial charge in [0, 0.05) is 18.8 Å². The molecule has 0 aliphatic carbocycles. The Hall–Kier alpha value is -0.260. The summed E-state index contributed by atoms with van der Waals surface area (Å²) >= 11 is 1.96. The Bertz CT molecular complexity index is 260. The smallest absolute Gasteiger partial charge is 0.307 e. The minimum absolute atomic E-state index is 0.154. The Balaban J connectivity index is 3.38. The van der Waals surface area contributed by atoms with E-state index < -0.39 is 5.60 Å². The van der Waals surface area contributed by atoms with Gasteiger partial charge in [-0.15, -0.1) is 0 Å². The van der Waals surface area contributed by atoms with Crippen LogP contribution >= 0.6 is 11.8 Å². The zero-order chi connectivity index (χ0) is 15.4. The maximum absolute atomic E-state index is 11.5. The second-order valence-electron chi connectivity index (χ2n) is 5.81. The number of rotatable bonds is 12. The molecule has 0 amide bonds. The van der Waals surface area contributed by atoms with Crippen molar-refractivity contribution in [3.05, 3.63) is 0 Å². The number of aliphatic hydroxyl groups excluding tert-OH is 1. The van der Waals surface area contributed by atoms with Crippen molar-refractivity contribution in [3.8, 4) is 0 Å². The summed E-state index contributed by atoms with van der Waals surface area (Å²) in [6.07, 6.45) is 2.88. The summed E-state index contributed by atoms with van der Waals surface area (Å²) in [4.78, 5) is 11.5. The molecule has 0 aliphatic rings. The number of esters is 1. The molecule has 0 saturated heterocycles. The molecule has 0 bridgehead atoms. The van der Waals surface area contributed by atoms with Crippen molar-refractivity contribution in [3.63, 3.8) is 0 Å². The van der Waals surface area contributed by atoms with Crippen molar-refractivity contribution in [1.82, 2.24) is 5.32 Å². The lowest BCUT2D eigenvalue weighted by Crippen LogP contribution is -2.33. The van der Waals surface area contributed by atoms with Crippen molar-refractivity contribution in [2.24, 2.45) is 5.92 Å². The van der Waals surface area contributed by atoms with Crippen molar-refractivity contribution in [2.45, 2.75) is 52.6 Å². The van der Waals surface area contributed by atoms with Crippen LogP contribution in [0.15, 0.2) is 0 Å². The van der Waals surface area contributed by atoms with Gasteiger partial charge in [0.2, 0.25) is 0 Å². The van der Waals surface area contributed by atoms with E-state index in [1.807, 2.05) is 11.8 Å². The van der Waals surface area contributed by atoms with E-state index >= 15 is 0 Å². The minimum atomic E-state index is -0.775. The quantitative estimate of drug-likeness (QED) is 0.428. The molecule has 120 valence electrons. The van der Waals surface area contributed by atoms with Crippen molar-refractivity contribution in [1.29, 1.82) is 0 Å². The number of carbonyl (C=O) groups excluding carboxylic acids is 1. The van der Waals surface area contributed by atoms with Gasteiger partial charge in [-0.2, -0.15) is 11.8 Å². The highest BCUT2D eigenvalue weighted by molar-refractivity contribution is 7.99. The lowest BCUT2D eigenvalue weighted by molar-refractivity contribution is -0.159. The average molecular weight is 305 g/mol. The fourth-order valence-corrected chi connectivity index (χ4v) is 2.50. The second kappa shape index (κ2) is 11.4. The summed E-state index contributed by atoms with van der Waals surface area (Å²) in [5.41, 5.74) is -0.775. The largest absolute Gasteiger partial charge is 0.457 e. The van der Waals surface area contributed by atoms with E-state index in [0.29, 0.717) is 13.0 Å². The molecule has 0 saturated carbocycles. The second-order valence-corrected chi connectivity index (χ2v) is 7.03. The molecule has 0 spiro atoms. The van der Waals surface area contributed by atoms with Gasteiger partial charge >= 0.3 is 5.97 Å². The van der Waals surface area contributed by atoms with Gasteiger partial charge in [0.1, 0.15) is 5.60 Å². The van der Waals surface area contributed by atoms with Crippen LogP contribution in [0.2, 0.25) is 0 Å². The third kappa shape index (κ3) is 11.6. The maximum atomic E-state index is 11.5. The first-order valence-corrected chi connectivity index (χ1v) is 8.68. The Kier molecular flexibility index (Phi) is 11.3. The first-order chi connectivity index (χ1) is 9.41. The van der Waals surface area contributed by atoms with Gasteiger partial charge in [-0.3, -0.25) is 4.79 Å². The summed E-state index contributed by atoms with van der Waals surface area (Å²) < 4.78 is 5.14. The average Bonchev–Trinajstić information content (AvgIpc) is 2.40. The standard InChI is InChI=1S/C15H31NO3S/c1-5-13(2)7-10-20-11-9-16-8-6-14(18)19-15(3,4)12-17/h13,16-17H,5-12H2,1-4H3. The molecule has 0 rings (SSSR count). The molecule has 0 radical (unpaired) electrons. The van der Waals surface area contributed by atoms with Crippen LogP contribution in [0.25, 0.3) is 0 Å². The monoisotopic (exact) mass is 305 g/mol. The van der Waals surface area contributed by atoms with E-state index in [-0.39, 0.29) is 12.6 Å². The molecule has 1 unspecified atom stereocenters. The van der Waals surface area contributed by atoms with E-state index in [9.17, 15) is 4.79 Å². The topological polar surface area (TPSA) is 58.6 Å². The van der Waals surface area contributed by atoms with Crippen molar-refractivity contribution >= 4 is 17.7 Å². The molecule has 0 aromatic carbocycles. The predicted molar refractivity (Wildman–Crippen MR) is 86.1 cm³/mol. The molecule has 0 aliphatic heterocycles. The van der Waals surface area contributed by atoms with Crippen LogP contribution in [0.1, 0.15) is 47.0 Å². The summed E-state index contributed by atoms with van der Waals surface area (Å²) in [7, 11) is 0. The Morgan fingerprint density at radius 1 is 1.35 bits per heavy atom. The normalized spacial score (nSPS) is 13.2. The highest BCUT2D eigenvalue weighted by Crippen LogP contribution is 2.11. The molecule has 0 aromatic heterocycles. The summed E-state index contributed by atoms with van der Waals surface area (Å²) in [5, 5.41) is 12.2. The summed E-state index contributed by atoms with van der Waals surface area (Å²) in [5.74, 6) is 2.85. The number of nitrogens with one attached hydrogen (secondary N) is 1. The number of hydrogen-bond donors (Lipinski definition) is 2. The van der Waals surface area contributed by atoms with Gasteiger partial charge in [0.15, 0.2) is 0 Å². The van der Waals surface area contributed by atoms with E-state index in [2.05, 4.69) is 19.2 Å². The van der Waals surface area contributed by atoms with Crippen LogP contribution in [-0.2, 0) is 9.53 Å². The summed E-state index contributed by atoms with van der Waals surface area (Å²) in [6.45, 7) is 9.32. The molecule has 0 heterocycles. The lowest BCUT2D eigenvalue weighted by atomic mass is 10.1. The van der Waals surface area contributed by atoms with Crippen LogP contribution in [0.5, 0.6) is 0 Å². The van der Waals surface area contributed by atoms with Crippen LogP contribution in [-0.4, -0.2) is 47.9 Å². The molecule has 1 atom stereocenters. The fourth-order valence-electron chi connectivity index (χ4n) is 1.44. The van der Waals surface area contributed by atoms with Crippen LogP contribution in [0.4, 0.5) is 0 Å². The third-order valence-corrected chi connectivity index (χ3v) is 4.17. The zero-order valence-corrected chi connectivity index (χ0v) is 14.2. The highest BCUT2D eigenvalue weighted by atomic mass is 32.2. The van der Waals surface area contributed by atoms with Crippen LogP contribution in [0.3, 0.4) is 0 Å². The molecule has 0 fully saturated rings. The zero-order valence-electron chi connectivity index (χ0n) is 13.4. The minimum Gasteiger partial charge on any atom is -0.457 e. The summed E-state index contributed by atoms with van der Waals surface area (Å²) in [6, 6.07) is 0. The van der Waals surface area contributed by atoms with E-state index in [4.69, 9.17) is 9.84 Å². The molecule has 5 heteroatoms. The van der Waals surface area contributed by atoms with Crippen LogP contribution < -0.4 is 5.32 Å². The predicted octanol–water partition coefficient (Wildman–Crippen LogP) is 2.45. The lowest BCUT2D eigenvalue weighted by Gasteiger charge is -2.22. The fraction of sp³-hybridized carbons (Fsp3) is 0.933. The number of thioether (sulfide) groups is 1. The van der Waals surface area contributed by atoms with Gasteiger partial charge in [-0.1, -0.05) is 20.3 Å². The maximum Gasteiger partial charge on any atom is 0.307 e. The number of carbonyl (C=O) groups is 1. The molecule has 4 nitrogen and oxygen atoms in total. The molecular formula is C15H31NO3S. The Labute approximate surface area is 128 Å². The first-order valence-electron chi connectivity index (χ1n) is 7.52. The third-order valence-electron chi connectivity index (χ3n) is 3.15. The SMILES string of the molecule is CCC(C)CCSCCNCCC(=O)OC(C)(C)CO. The highest BCUT2D eigenvalue weighted by Gasteiger charge is 2.20. The van der Waals surface area contributed by atoms with Gasteiger partial charge < -0.3 is 15.2 Å². The van der Waals surface area contributed by atoms with Crippen molar-refractivity contribution in [2.75, 3.05) is 31.2 Å². The van der Waals surface area contributed by atoms with Gasteiger partial charge in [0.05, 0.1) is 13.0 Å². The van der Waals surface area contributed by atoms with Gasteiger partial charge in [-0.25, -0.2) is 0 Å². The first kappa shape index (κ1) is 19.7. The van der Waals surface area contributed by atoms with Gasteiger partial charge in [-0.05, 0) is 31.9 Å². The van der Waals surface area contributed by atoms with Crippen LogP contribution in [0, 0.1) is 5.92 Å². The van der Waals surface area contributed by atoms with E-state index in [0.717, 1.165) is 18.2 Å². The van der Waals surface area contributed by atoms with E-state index in [1.165, 1.54) is 18.6 Å².